The summed E-state index contributed by atoms with van der Waals surface area (Å²) in [6.07, 6.45) is 0. The number of hydrogen-bond acceptors (Lipinski definition) is 5. The molecule has 1 aromatic heterocycles. The lowest BCUT2D eigenvalue weighted by Gasteiger charge is -2.10. The predicted molar refractivity (Wildman–Crippen MR) is 75.1 cm³/mol. The minimum Gasteiger partial charge on any atom is -0.493 e. The number of nitrogens with two attached hydrogens (primary N) is 1. The first-order valence-electron chi connectivity index (χ1n) is 4.98. The molecule has 18 heavy (non-hydrogen) atoms. The largest absolute Gasteiger partial charge is 0.493 e. The van der Waals surface area contributed by atoms with Crippen molar-refractivity contribution in [2.45, 2.75) is 0 Å². The standard InChI is InChI=1S/C11H10IN3O3/c1-17-6-4-2-3-5-7(6)18-10-8(12)9(16)14-11(13)15-10/h2-5H,1H3,(H3,13,14,15,16). The van der Waals surface area contributed by atoms with Crippen LogP contribution in [0.25, 0.3) is 0 Å². The van der Waals surface area contributed by atoms with Crippen molar-refractivity contribution in [3.8, 4) is 17.4 Å². The smallest absolute Gasteiger partial charge is 0.269 e. The maximum absolute atomic E-state index is 11.5. The van der Waals surface area contributed by atoms with E-state index in [9.17, 15) is 4.79 Å². The Balaban J connectivity index is 2.43. The first kappa shape index (κ1) is 12.7. The monoisotopic (exact) mass is 359 g/mol. The number of anilines is 1. The summed E-state index contributed by atoms with van der Waals surface area (Å²) in [5.74, 6) is 1.18. The van der Waals surface area contributed by atoms with Crippen molar-refractivity contribution in [2.75, 3.05) is 12.8 Å². The Bertz CT molecular complexity index is 627. The summed E-state index contributed by atoms with van der Waals surface area (Å²) in [5, 5.41) is 0. The lowest BCUT2D eigenvalue weighted by molar-refractivity contribution is 0.373. The van der Waals surface area contributed by atoms with E-state index in [1.54, 1.807) is 18.2 Å². The Morgan fingerprint density at radius 3 is 2.67 bits per heavy atom. The zero-order valence-electron chi connectivity index (χ0n) is 9.44. The maximum Gasteiger partial charge on any atom is 0.269 e. The molecular weight excluding hydrogens is 349 g/mol. The number of ether oxygens (including phenoxy) is 2. The summed E-state index contributed by atoms with van der Waals surface area (Å²) in [7, 11) is 1.53. The second-order valence-electron chi connectivity index (χ2n) is 3.32. The number of H-pyrrole nitrogens is 1. The Hall–Kier alpha value is -1.77. The van der Waals surface area contributed by atoms with E-state index in [1.807, 2.05) is 28.7 Å². The molecule has 1 heterocycles. The zero-order chi connectivity index (χ0) is 13.1. The fraction of sp³-hybridized carbons (Fsp3) is 0.0909. The quantitative estimate of drug-likeness (QED) is 0.816. The first-order valence-corrected chi connectivity index (χ1v) is 6.06. The van der Waals surface area contributed by atoms with Gasteiger partial charge in [0.25, 0.3) is 5.56 Å². The topological polar surface area (TPSA) is 90.2 Å². The van der Waals surface area contributed by atoms with E-state index in [0.29, 0.717) is 15.1 Å². The number of aromatic nitrogens is 2. The third-order valence-corrected chi connectivity index (χ3v) is 3.08. The third kappa shape index (κ3) is 2.55. The van der Waals surface area contributed by atoms with E-state index in [-0.39, 0.29) is 17.4 Å². The van der Waals surface area contributed by atoms with Gasteiger partial charge in [-0.2, -0.15) is 4.98 Å². The summed E-state index contributed by atoms with van der Waals surface area (Å²) >= 11 is 1.84. The van der Waals surface area contributed by atoms with E-state index in [1.165, 1.54) is 7.11 Å². The molecular formula is C11H10IN3O3. The first-order chi connectivity index (χ1) is 8.61. The van der Waals surface area contributed by atoms with E-state index >= 15 is 0 Å². The van der Waals surface area contributed by atoms with Gasteiger partial charge < -0.3 is 15.2 Å². The number of nitrogens with one attached hydrogen (secondary N) is 1. The number of halogens is 1. The van der Waals surface area contributed by atoms with Crippen molar-refractivity contribution in [1.82, 2.24) is 9.97 Å². The second-order valence-corrected chi connectivity index (χ2v) is 4.40. The molecule has 3 N–H and O–H groups in total. The molecule has 0 atom stereocenters. The highest BCUT2D eigenvalue weighted by atomic mass is 127. The van der Waals surface area contributed by atoms with Gasteiger partial charge in [0, 0.05) is 0 Å². The number of benzene rings is 1. The Morgan fingerprint density at radius 1 is 1.33 bits per heavy atom. The van der Waals surface area contributed by atoms with Gasteiger partial charge in [-0.05, 0) is 34.7 Å². The lowest BCUT2D eigenvalue weighted by Crippen LogP contribution is -2.15. The third-order valence-electron chi connectivity index (χ3n) is 2.13. The molecule has 0 aliphatic rings. The summed E-state index contributed by atoms with van der Waals surface area (Å²) in [4.78, 5) is 17.8. The van der Waals surface area contributed by atoms with Crippen LogP contribution in [0.5, 0.6) is 17.4 Å². The van der Waals surface area contributed by atoms with Crippen LogP contribution in [-0.2, 0) is 0 Å². The van der Waals surface area contributed by atoms with Gasteiger partial charge >= 0.3 is 0 Å². The van der Waals surface area contributed by atoms with Gasteiger partial charge in [-0.3, -0.25) is 9.78 Å². The number of nitrogen functional groups attached to an aromatic ring is 1. The number of rotatable bonds is 3. The molecule has 0 amide bonds. The molecule has 0 aliphatic heterocycles. The molecule has 0 fully saturated rings. The fourth-order valence-corrected chi connectivity index (χ4v) is 1.70. The van der Waals surface area contributed by atoms with E-state index in [2.05, 4.69) is 9.97 Å². The van der Waals surface area contributed by atoms with Crippen LogP contribution in [0.15, 0.2) is 29.1 Å². The molecule has 2 aromatic rings. The Kier molecular flexibility index (Phi) is 3.70. The molecule has 0 aliphatic carbocycles. The molecule has 0 saturated carbocycles. The molecule has 0 spiro atoms. The number of nitrogens with zero attached hydrogens (tertiary/aromatic N) is 1. The van der Waals surface area contributed by atoms with Crippen LogP contribution < -0.4 is 20.8 Å². The SMILES string of the molecule is COc1ccccc1Oc1nc(N)[nH]c(=O)c1I. The average molecular weight is 359 g/mol. The minimum atomic E-state index is -0.340. The maximum atomic E-state index is 11.5. The fourth-order valence-electron chi connectivity index (χ4n) is 1.33. The van der Waals surface area contributed by atoms with Gasteiger partial charge in [-0.1, -0.05) is 12.1 Å². The molecule has 6 nitrogen and oxygen atoms in total. The van der Waals surface area contributed by atoms with Crippen molar-refractivity contribution < 1.29 is 9.47 Å². The number of methoxy groups -OCH3 is 1. The molecule has 7 heteroatoms. The molecule has 0 radical (unpaired) electrons. The molecule has 1 aromatic carbocycles. The number of aromatic amines is 1. The highest BCUT2D eigenvalue weighted by molar-refractivity contribution is 14.1. The Labute approximate surface area is 116 Å². The van der Waals surface area contributed by atoms with Gasteiger partial charge in [0.05, 0.1) is 7.11 Å². The van der Waals surface area contributed by atoms with Gasteiger partial charge in [0.15, 0.2) is 11.5 Å². The zero-order valence-corrected chi connectivity index (χ0v) is 11.6. The highest BCUT2D eigenvalue weighted by Crippen LogP contribution is 2.31. The van der Waals surface area contributed by atoms with E-state index in [0.717, 1.165) is 0 Å². The summed E-state index contributed by atoms with van der Waals surface area (Å²) in [5.41, 5.74) is 5.13. The molecule has 2 rings (SSSR count). The van der Waals surface area contributed by atoms with Crippen LogP contribution in [0.2, 0.25) is 0 Å². The normalized spacial score (nSPS) is 10.1. The minimum absolute atomic E-state index is 0.00492. The second kappa shape index (κ2) is 5.25. The average Bonchev–Trinajstić information content (AvgIpc) is 2.36. The number of hydrogen-bond donors (Lipinski definition) is 2. The molecule has 0 bridgehead atoms. The van der Waals surface area contributed by atoms with Crippen LogP contribution in [0.4, 0.5) is 5.95 Å². The molecule has 0 unspecified atom stereocenters. The van der Waals surface area contributed by atoms with Crippen molar-refractivity contribution in [2.24, 2.45) is 0 Å². The van der Waals surface area contributed by atoms with Crippen molar-refractivity contribution in [1.29, 1.82) is 0 Å². The summed E-state index contributed by atoms with van der Waals surface area (Å²) in [6, 6.07) is 7.07. The number of para-hydroxylation sites is 2. The van der Waals surface area contributed by atoms with Crippen LogP contribution in [0, 0.1) is 3.57 Å². The van der Waals surface area contributed by atoms with E-state index in [4.69, 9.17) is 15.2 Å². The van der Waals surface area contributed by atoms with Crippen LogP contribution in [0.1, 0.15) is 0 Å². The van der Waals surface area contributed by atoms with E-state index < -0.39 is 0 Å². The van der Waals surface area contributed by atoms with Crippen molar-refractivity contribution in [3.63, 3.8) is 0 Å². The van der Waals surface area contributed by atoms with Gasteiger partial charge in [-0.25, -0.2) is 0 Å². The van der Waals surface area contributed by atoms with Gasteiger partial charge in [0.1, 0.15) is 3.57 Å². The van der Waals surface area contributed by atoms with Gasteiger partial charge in [-0.15, -0.1) is 0 Å². The predicted octanol–water partition coefficient (Wildman–Crippen LogP) is 1.76. The van der Waals surface area contributed by atoms with Crippen LogP contribution in [-0.4, -0.2) is 17.1 Å². The van der Waals surface area contributed by atoms with Crippen molar-refractivity contribution in [3.05, 3.63) is 38.2 Å². The van der Waals surface area contributed by atoms with Crippen LogP contribution in [0.3, 0.4) is 0 Å². The molecule has 0 saturated heterocycles. The van der Waals surface area contributed by atoms with Crippen molar-refractivity contribution >= 4 is 28.5 Å². The lowest BCUT2D eigenvalue weighted by atomic mass is 10.3. The Morgan fingerprint density at radius 2 is 2.00 bits per heavy atom. The molecule has 94 valence electrons. The van der Waals surface area contributed by atoms with Gasteiger partial charge in [0.2, 0.25) is 11.8 Å². The van der Waals surface area contributed by atoms with Crippen LogP contribution >= 0.6 is 22.6 Å². The summed E-state index contributed by atoms with van der Waals surface area (Å²) in [6.45, 7) is 0. The summed E-state index contributed by atoms with van der Waals surface area (Å²) < 4.78 is 11.0. The highest BCUT2D eigenvalue weighted by Gasteiger charge is 2.12.